The molecule has 0 aromatic heterocycles. The molecular weight excluding hydrogens is 288 g/mol. The molecule has 0 unspecified atom stereocenters. The molecule has 1 aromatic carbocycles. The Morgan fingerprint density at radius 3 is 2.62 bits per heavy atom. The van der Waals surface area contributed by atoms with Gasteiger partial charge in [-0.3, -0.25) is 0 Å². The van der Waals surface area contributed by atoms with E-state index in [1.807, 2.05) is 14.0 Å². The number of sulfonamides is 1. The van der Waals surface area contributed by atoms with Crippen molar-refractivity contribution in [2.24, 2.45) is 5.92 Å². The lowest BCUT2D eigenvalue weighted by Crippen LogP contribution is -2.32. The Balaban J connectivity index is 2.31. The van der Waals surface area contributed by atoms with Gasteiger partial charge < -0.3 is 10.1 Å². The maximum Gasteiger partial charge on any atom is 0.243 e. The first-order valence-corrected chi connectivity index (χ1v) is 8.78. The Morgan fingerprint density at radius 2 is 2.10 bits per heavy atom. The summed E-state index contributed by atoms with van der Waals surface area (Å²) in [7, 11) is -0.00517. The van der Waals surface area contributed by atoms with Gasteiger partial charge in [-0.1, -0.05) is 6.92 Å². The van der Waals surface area contributed by atoms with Crippen LogP contribution < -0.4 is 10.1 Å². The molecule has 118 valence electrons. The largest absolute Gasteiger partial charge is 0.496 e. The third-order valence-corrected chi connectivity index (χ3v) is 5.71. The standard InChI is InChI=1S/C15H24N2O3S/c1-4-17(11-12-5-6-12)21(18,19)14-7-8-15(20-3)13(9-14)10-16-2/h7-9,12,16H,4-6,10-11H2,1-3H3. The van der Waals surface area contributed by atoms with Crippen molar-refractivity contribution in [2.45, 2.75) is 31.2 Å². The van der Waals surface area contributed by atoms with Crippen molar-refractivity contribution >= 4 is 10.0 Å². The Kier molecular flexibility index (Phi) is 5.24. The van der Waals surface area contributed by atoms with Gasteiger partial charge in [-0.15, -0.1) is 0 Å². The molecule has 0 bridgehead atoms. The van der Waals surface area contributed by atoms with E-state index in [4.69, 9.17) is 4.74 Å². The smallest absolute Gasteiger partial charge is 0.243 e. The van der Waals surface area contributed by atoms with Gasteiger partial charge in [0.05, 0.1) is 12.0 Å². The maximum atomic E-state index is 12.7. The van der Waals surface area contributed by atoms with Gasteiger partial charge in [0.2, 0.25) is 10.0 Å². The average Bonchev–Trinajstić information content (AvgIpc) is 3.28. The fourth-order valence-corrected chi connectivity index (χ4v) is 3.95. The minimum absolute atomic E-state index is 0.344. The van der Waals surface area contributed by atoms with E-state index >= 15 is 0 Å². The fraction of sp³-hybridized carbons (Fsp3) is 0.600. The van der Waals surface area contributed by atoms with Gasteiger partial charge in [0.1, 0.15) is 5.75 Å². The molecule has 0 aliphatic heterocycles. The molecule has 1 N–H and O–H groups in total. The molecule has 1 fully saturated rings. The van der Waals surface area contributed by atoms with E-state index in [2.05, 4.69) is 5.32 Å². The number of methoxy groups -OCH3 is 1. The SMILES string of the molecule is CCN(CC1CC1)S(=O)(=O)c1ccc(OC)c(CNC)c1. The average molecular weight is 312 g/mol. The molecule has 5 nitrogen and oxygen atoms in total. The zero-order valence-electron chi connectivity index (χ0n) is 12.9. The minimum Gasteiger partial charge on any atom is -0.496 e. The normalized spacial score (nSPS) is 15.4. The van der Waals surface area contributed by atoms with Crippen LogP contribution in [0.25, 0.3) is 0 Å². The summed E-state index contributed by atoms with van der Waals surface area (Å²) in [5, 5.41) is 3.03. The highest BCUT2D eigenvalue weighted by atomic mass is 32.2. The summed E-state index contributed by atoms with van der Waals surface area (Å²) >= 11 is 0. The van der Waals surface area contributed by atoms with Crippen molar-refractivity contribution in [1.82, 2.24) is 9.62 Å². The maximum absolute atomic E-state index is 12.7. The van der Waals surface area contributed by atoms with Gasteiger partial charge in [0, 0.05) is 25.2 Å². The monoisotopic (exact) mass is 312 g/mol. The molecule has 0 radical (unpaired) electrons. The number of rotatable bonds is 8. The highest BCUT2D eigenvalue weighted by Gasteiger charge is 2.31. The molecule has 1 aliphatic rings. The molecule has 0 amide bonds. The molecule has 21 heavy (non-hydrogen) atoms. The molecule has 1 saturated carbocycles. The van der Waals surface area contributed by atoms with Crippen LogP contribution in [-0.4, -0.2) is 40.0 Å². The van der Waals surface area contributed by atoms with Crippen molar-refractivity contribution in [3.63, 3.8) is 0 Å². The van der Waals surface area contributed by atoms with Crippen molar-refractivity contribution < 1.29 is 13.2 Å². The third-order valence-electron chi connectivity index (χ3n) is 3.77. The van der Waals surface area contributed by atoms with E-state index in [0.29, 0.717) is 36.2 Å². The van der Waals surface area contributed by atoms with E-state index in [1.54, 1.807) is 29.6 Å². The molecule has 0 atom stereocenters. The third kappa shape index (κ3) is 3.75. The number of benzene rings is 1. The second-order valence-electron chi connectivity index (χ2n) is 5.40. The summed E-state index contributed by atoms with van der Waals surface area (Å²) < 4.78 is 32.4. The van der Waals surface area contributed by atoms with Crippen LogP contribution in [0.1, 0.15) is 25.3 Å². The highest BCUT2D eigenvalue weighted by Crippen LogP contribution is 2.32. The molecule has 2 rings (SSSR count). The van der Waals surface area contributed by atoms with Gasteiger partial charge in [0.25, 0.3) is 0 Å². The number of hydrogen-bond acceptors (Lipinski definition) is 4. The highest BCUT2D eigenvalue weighted by molar-refractivity contribution is 7.89. The summed E-state index contributed by atoms with van der Waals surface area (Å²) in [5.41, 5.74) is 0.851. The van der Waals surface area contributed by atoms with E-state index in [0.717, 1.165) is 18.4 Å². The number of hydrogen-bond donors (Lipinski definition) is 1. The minimum atomic E-state index is -3.42. The molecular formula is C15H24N2O3S. The summed E-state index contributed by atoms with van der Waals surface area (Å²) in [4.78, 5) is 0.344. The van der Waals surface area contributed by atoms with Crippen LogP contribution in [0.3, 0.4) is 0 Å². The first kappa shape index (κ1) is 16.3. The zero-order chi connectivity index (χ0) is 15.5. The van der Waals surface area contributed by atoms with Gasteiger partial charge >= 0.3 is 0 Å². The van der Waals surface area contributed by atoms with Gasteiger partial charge in [-0.25, -0.2) is 8.42 Å². The molecule has 1 aliphatic carbocycles. The summed E-state index contributed by atoms with van der Waals surface area (Å²) in [5.74, 6) is 1.24. The van der Waals surface area contributed by atoms with E-state index < -0.39 is 10.0 Å². The van der Waals surface area contributed by atoms with Crippen LogP contribution in [-0.2, 0) is 16.6 Å². The summed E-state index contributed by atoms with van der Waals surface area (Å²) in [6.07, 6.45) is 2.28. The number of nitrogens with zero attached hydrogens (tertiary/aromatic N) is 1. The summed E-state index contributed by atoms with van der Waals surface area (Å²) in [6.45, 7) is 3.59. The Bertz CT molecular complexity index is 583. The molecule has 1 aromatic rings. The van der Waals surface area contributed by atoms with Crippen LogP contribution in [0, 0.1) is 5.92 Å². The first-order valence-electron chi connectivity index (χ1n) is 7.34. The van der Waals surface area contributed by atoms with Crippen LogP contribution in [0.4, 0.5) is 0 Å². The van der Waals surface area contributed by atoms with Crippen molar-refractivity contribution in [3.8, 4) is 5.75 Å². The predicted molar refractivity (Wildman–Crippen MR) is 82.9 cm³/mol. The van der Waals surface area contributed by atoms with Crippen molar-refractivity contribution in [2.75, 3.05) is 27.2 Å². The van der Waals surface area contributed by atoms with Crippen LogP contribution >= 0.6 is 0 Å². The number of nitrogens with one attached hydrogen (secondary N) is 1. The lowest BCUT2D eigenvalue weighted by molar-refractivity contribution is 0.405. The fourth-order valence-electron chi connectivity index (χ4n) is 2.38. The lowest BCUT2D eigenvalue weighted by Gasteiger charge is -2.21. The van der Waals surface area contributed by atoms with Crippen LogP contribution in [0.5, 0.6) is 5.75 Å². The Labute approximate surface area is 127 Å². The Hall–Kier alpha value is -1.11. The quantitative estimate of drug-likeness (QED) is 0.796. The topological polar surface area (TPSA) is 58.6 Å². The molecule has 0 spiro atoms. The van der Waals surface area contributed by atoms with Crippen molar-refractivity contribution in [3.05, 3.63) is 23.8 Å². The van der Waals surface area contributed by atoms with Gasteiger partial charge in [-0.2, -0.15) is 4.31 Å². The van der Waals surface area contributed by atoms with Gasteiger partial charge in [0.15, 0.2) is 0 Å². The molecule has 0 saturated heterocycles. The molecule has 0 heterocycles. The van der Waals surface area contributed by atoms with E-state index in [1.165, 1.54) is 0 Å². The Morgan fingerprint density at radius 1 is 1.38 bits per heavy atom. The van der Waals surface area contributed by atoms with Crippen LogP contribution in [0.2, 0.25) is 0 Å². The molecule has 6 heteroatoms. The first-order chi connectivity index (χ1) is 10.0. The number of ether oxygens (including phenoxy) is 1. The predicted octanol–water partition coefficient (Wildman–Crippen LogP) is 1.84. The summed E-state index contributed by atoms with van der Waals surface area (Å²) in [6, 6.07) is 5.06. The van der Waals surface area contributed by atoms with Crippen molar-refractivity contribution in [1.29, 1.82) is 0 Å². The van der Waals surface area contributed by atoms with Gasteiger partial charge in [-0.05, 0) is 44.0 Å². The second kappa shape index (κ2) is 6.77. The zero-order valence-corrected chi connectivity index (χ0v) is 13.7. The lowest BCUT2D eigenvalue weighted by atomic mass is 10.2. The van der Waals surface area contributed by atoms with E-state index in [9.17, 15) is 8.42 Å². The van der Waals surface area contributed by atoms with Crippen LogP contribution in [0.15, 0.2) is 23.1 Å². The van der Waals surface area contributed by atoms with E-state index in [-0.39, 0.29) is 0 Å². The second-order valence-corrected chi connectivity index (χ2v) is 7.34.